The fourth-order valence-electron chi connectivity index (χ4n) is 3.86. The first kappa shape index (κ1) is 22.0. The lowest BCUT2D eigenvalue weighted by molar-refractivity contribution is -0.154. The fourth-order valence-corrected chi connectivity index (χ4v) is 3.86. The summed E-state index contributed by atoms with van der Waals surface area (Å²) in [6, 6.07) is 11.5. The summed E-state index contributed by atoms with van der Waals surface area (Å²) in [6.07, 6.45) is -0.288. The van der Waals surface area contributed by atoms with Gasteiger partial charge in [0.2, 0.25) is 11.8 Å². The van der Waals surface area contributed by atoms with Crippen LogP contribution in [0, 0.1) is 5.92 Å². The summed E-state index contributed by atoms with van der Waals surface area (Å²) in [5.41, 5.74) is 2.30. The number of carbonyl (C=O) groups excluding carboxylic acids is 1. The van der Waals surface area contributed by atoms with Crippen molar-refractivity contribution in [3.8, 4) is 5.88 Å². The van der Waals surface area contributed by atoms with Crippen LogP contribution in [-0.4, -0.2) is 45.6 Å². The van der Waals surface area contributed by atoms with Crippen LogP contribution >= 0.6 is 0 Å². The summed E-state index contributed by atoms with van der Waals surface area (Å²) in [5, 5.41) is 1.06. The summed E-state index contributed by atoms with van der Waals surface area (Å²) in [4.78, 5) is 27.5. The number of para-hydroxylation sites is 1. The maximum atomic E-state index is 13.2. The second-order valence-electron chi connectivity index (χ2n) is 8.03. The van der Waals surface area contributed by atoms with Crippen molar-refractivity contribution >= 4 is 16.8 Å². The van der Waals surface area contributed by atoms with Gasteiger partial charge in [0.05, 0.1) is 29.6 Å². The first-order chi connectivity index (χ1) is 15.2. The molecule has 0 N–H and O–H groups in total. The average molecular weight is 444 g/mol. The van der Waals surface area contributed by atoms with Crippen LogP contribution in [0.1, 0.15) is 43.1 Å². The molecule has 2 heterocycles. The van der Waals surface area contributed by atoms with Gasteiger partial charge in [-0.1, -0.05) is 24.3 Å². The molecule has 0 saturated heterocycles. The predicted octanol–water partition coefficient (Wildman–Crippen LogP) is 4.68. The van der Waals surface area contributed by atoms with E-state index in [4.69, 9.17) is 4.98 Å². The normalized spacial score (nSPS) is 19.3. The van der Waals surface area contributed by atoms with Gasteiger partial charge >= 0.3 is 6.18 Å². The number of alkyl halides is 3. The first-order valence-corrected chi connectivity index (χ1v) is 10.4. The van der Waals surface area contributed by atoms with Gasteiger partial charge in [0, 0.05) is 30.0 Å². The van der Waals surface area contributed by atoms with Crippen LogP contribution in [0.2, 0.25) is 0 Å². The smallest absolute Gasteiger partial charge is 0.422 e. The van der Waals surface area contributed by atoms with Crippen molar-refractivity contribution in [3.05, 3.63) is 60.2 Å². The molecule has 9 heteroatoms. The molecule has 0 aliphatic heterocycles. The third-order valence-electron chi connectivity index (χ3n) is 5.98. The Kier molecular flexibility index (Phi) is 5.99. The molecule has 4 rings (SSSR count). The number of fused-ring (bicyclic) bond motifs is 1. The van der Waals surface area contributed by atoms with E-state index in [-0.39, 0.29) is 23.6 Å². The number of pyridine rings is 1. The van der Waals surface area contributed by atoms with E-state index in [0.717, 1.165) is 35.6 Å². The predicted molar refractivity (Wildman–Crippen MR) is 112 cm³/mol. The van der Waals surface area contributed by atoms with Gasteiger partial charge in [-0.25, -0.2) is 4.98 Å². The van der Waals surface area contributed by atoms with Gasteiger partial charge in [-0.2, -0.15) is 13.2 Å². The molecule has 3 aromatic rings. The Morgan fingerprint density at radius 1 is 1.16 bits per heavy atom. The number of hydrogen-bond donors (Lipinski definition) is 0. The molecule has 1 fully saturated rings. The van der Waals surface area contributed by atoms with Crippen LogP contribution < -0.4 is 4.74 Å². The van der Waals surface area contributed by atoms with E-state index in [1.807, 2.05) is 36.4 Å². The van der Waals surface area contributed by atoms with Crippen LogP contribution in [0.3, 0.4) is 0 Å². The van der Waals surface area contributed by atoms with E-state index in [9.17, 15) is 18.0 Å². The molecule has 1 amide bonds. The number of aromatic nitrogens is 3. The highest BCUT2D eigenvalue weighted by Crippen LogP contribution is 2.43. The molecule has 0 unspecified atom stereocenters. The minimum atomic E-state index is -4.44. The molecule has 1 aliphatic rings. The van der Waals surface area contributed by atoms with E-state index in [2.05, 4.69) is 14.7 Å². The van der Waals surface area contributed by atoms with Crippen molar-refractivity contribution < 1.29 is 22.7 Å². The Labute approximate surface area is 183 Å². The van der Waals surface area contributed by atoms with Gasteiger partial charge < -0.3 is 9.64 Å². The molecule has 1 saturated carbocycles. The van der Waals surface area contributed by atoms with Gasteiger partial charge in [-0.05, 0) is 31.9 Å². The SMILES string of the molecule is C[C@H](c1cnc(OCC(F)(F)F)cn1)N(C)C(=O)[C@H]1CC[C@@H]1c1ccc2ccccc2n1. The summed E-state index contributed by atoms with van der Waals surface area (Å²) in [7, 11) is 1.70. The van der Waals surface area contributed by atoms with Gasteiger partial charge in [0.15, 0.2) is 6.61 Å². The third kappa shape index (κ3) is 4.66. The zero-order valence-corrected chi connectivity index (χ0v) is 17.7. The summed E-state index contributed by atoms with van der Waals surface area (Å²) in [5.74, 6) is -0.332. The van der Waals surface area contributed by atoms with Crippen LogP contribution in [-0.2, 0) is 4.79 Å². The maximum Gasteiger partial charge on any atom is 0.422 e. The minimum absolute atomic E-state index is 0.0112. The average Bonchev–Trinajstić information content (AvgIpc) is 2.75. The highest BCUT2D eigenvalue weighted by Gasteiger charge is 2.41. The molecule has 1 aliphatic carbocycles. The molecule has 6 nitrogen and oxygen atoms in total. The number of halogens is 3. The minimum Gasteiger partial charge on any atom is -0.467 e. The quantitative estimate of drug-likeness (QED) is 0.552. The lowest BCUT2D eigenvalue weighted by atomic mass is 9.70. The van der Waals surface area contributed by atoms with E-state index in [1.54, 1.807) is 18.9 Å². The Hall–Kier alpha value is -3.23. The summed E-state index contributed by atoms with van der Waals surface area (Å²) < 4.78 is 41.4. The third-order valence-corrected chi connectivity index (χ3v) is 5.98. The largest absolute Gasteiger partial charge is 0.467 e. The number of amides is 1. The second-order valence-corrected chi connectivity index (χ2v) is 8.03. The van der Waals surface area contributed by atoms with Gasteiger partial charge in [0.1, 0.15) is 0 Å². The Morgan fingerprint density at radius 3 is 2.59 bits per heavy atom. The van der Waals surface area contributed by atoms with Crippen LogP contribution in [0.5, 0.6) is 5.88 Å². The Balaban J connectivity index is 1.42. The fraction of sp³-hybridized carbons (Fsp3) is 0.391. The number of benzene rings is 1. The van der Waals surface area contributed by atoms with Crippen molar-refractivity contribution in [2.75, 3.05) is 13.7 Å². The zero-order valence-electron chi connectivity index (χ0n) is 17.7. The molecule has 3 atom stereocenters. The number of carbonyl (C=O) groups is 1. The van der Waals surface area contributed by atoms with Crippen molar-refractivity contribution in [1.29, 1.82) is 0 Å². The molecular weight excluding hydrogens is 421 g/mol. The second kappa shape index (κ2) is 8.72. The van der Waals surface area contributed by atoms with Gasteiger partial charge in [-0.15, -0.1) is 0 Å². The number of nitrogens with zero attached hydrogens (tertiary/aromatic N) is 4. The zero-order chi connectivity index (χ0) is 22.9. The molecule has 0 spiro atoms. The van der Waals surface area contributed by atoms with Crippen LogP contribution in [0.4, 0.5) is 13.2 Å². The Morgan fingerprint density at radius 2 is 1.94 bits per heavy atom. The highest BCUT2D eigenvalue weighted by molar-refractivity contribution is 5.82. The van der Waals surface area contributed by atoms with E-state index < -0.39 is 18.8 Å². The Bertz CT molecular complexity index is 1100. The first-order valence-electron chi connectivity index (χ1n) is 10.4. The number of hydrogen-bond acceptors (Lipinski definition) is 5. The monoisotopic (exact) mass is 444 g/mol. The lowest BCUT2D eigenvalue weighted by Crippen LogP contribution is -2.42. The van der Waals surface area contributed by atoms with E-state index in [1.165, 1.54) is 6.20 Å². The van der Waals surface area contributed by atoms with E-state index >= 15 is 0 Å². The topological polar surface area (TPSA) is 68.2 Å². The molecule has 2 aromatic heterocycles. The molecular formula is C23H23F3N4O2. The molecule has 0 radical (unpaired) electrons. The van der Waals surface area contributed by atoms with Gasteiger partial charge in [0.25, 0.3) is 0 Å². The van der Waals surface area contributed by atoms with Gasteiger partial charge in [-0.3, -0.25) is 14.8 Å². The van der Waals surface area contributed by atoms with Crippen LogP contribution in [0.25, 0.3) is 10.9 Å². The van der Waals surface area contributed by atoms with Crippen molar-refractivity contribution in [3.63, 3.8) is 0 Å². The van der Waals surface area contributed by atoms with Crippen molar-refractivity contribution in [2.45, 2.75) is 37.9 Å². The van der Waals surface area contributed by atoms with E-state index in [0.29, 0.717) is 5.69 Å². The number of rotatable bonds is 6. The molecule has 0 bridgehead atoms. The molecule has 168 valence electrons. The summed E-state index contributed by atoms with van der Waals surface area (Å²) >= 11 is 0. The van der Waals surface area contributed by atoms with Crippen LogP contribution in [0.15, 0.2) is 48.8 Å². The lowest BCUT2D eigenvalue weighted by Gasteiger charge is -2.39. The standard InChI is InChI=1S/C23H23F3N4O2/c1-14(20-11-28-21(12-27-20)32-13-23(24,25)26)30(2)22(31)17-9-8-16(17)19-10-7-15-5-3-4-6-18(15)29-19/h3-7,10-12,14,16-17H,8-9,13H2,1-2H3/t14-,16+,17+/m1/s1. The number of ether oxygens (including phenoxy) is 1. The molecule has 1 aromatic carbocycles. The van der Waals surface area contributed by atoms with Crippen molar-refractivity contribution in [2.24, 2.45) is 5.92 Å². The van der Waals surface area contributed by atoms with Crippen molar-refractivity contribution in [1.82, 2.24) is 19.9 Å². The summed E-state index contributed by atoms with van der Waals surface area (Å²) in [6.45, 7) is 0.376. The molecule has 32 heavy (non-hydrogen) atoms. The highest BCUT2D eigenvalue weighted by atomic mass is 19.4. The maximum absolute atomic E-state index is 13.2.